The van der Waals surface area contributed by atoms with Crippen molar-refractivity contribution in [1.82, 2.24) is 10.2 Å². The molecular formula is C17H22FN3O4. The lowest BCUT2D eigenvalue weighted by Crippen LogP contribution is -2.43. The molecule has 1 aromatic carbocycles. The second-order valence-corrected chi connectivity index (χ2v) is 6.03. The predicted molar refractivity (Wildman–Crippen MR) is 89.5 cm³/mol. The molecule has 0 saturated carbocycles. The maximum atomic E-state index is 13.4. The molecule has 2 rings (SSSR count). The van der Waals surface area contributed by atoms with E-state index in [0.29, 0.717) is 25.2 Å². The quantitative estimate of drug-likeness (QED) is 0.811. The molecule has 0 bridgehead atoms. The van der Waals surface area contributed by atoms with Crippen LogP contribution in [-0.4, -0.2) is 49.6 Å². The molecule has 3 amide bonds. The number of nitrogens with one attached hydrogen (secondary N) is 2. The summed E-state index contributed by atoms with van der Waals surface area (Å²) in [7, 11) is 1.34. The second-order valence-electron chi connectivity index (χ2n) is 6.03. The Morgan fingerprint density at radius 1 is 1.24 bits per heavy atom. The maximum Gasteiger partial charge on any atom is 0.409 e. The summed E-state index contributed by atoms with van der Waals surface area (Å²) < 4.78 is 18.1. The van der Waals surface area contributed by atoms with Crippen molar-refractivity contribution in [3.63, 3.8) is 0 Å². The Labute approximate surface area is 145 Å². The zero-order chi connectivity index (χ0) is 18.4. The van der Waals surface area contributed by atoms with E-state index < -0.39 is 17.6 Å². The standard InChI is InChI=1S/C17H22FN3O4/c1-11-3-4-13(9-14(11)18)20-16(23)15(22)19-10-12-5-7-21(8-6-12)17(24)25-2/h3-4,9,12H,5-8,10H2,1-2H3,(H,19,22)(H,20,23). The Morgan fingerprint density at radius 2 is 1.92 bits per heavy atom. The zero-order valence-corrected chi connectivity index (χ0v) is 14.3. The molecule has 1 heterocycles. The van der Waals surface area contributed by atoms with Crippen molar-refractivity contribution in [1.29, 1.82) is 0 Å². The molecule has 1 saturated heterocycles. The van der Waals surface area contributed by atoms with Crippen LogP contribution in [0.3, 0.4) is 0 Å². The number of hydrogen-bond donors (Lipinski definition) is 2. The van der Waals surface area contributed by atoms with Crippen LogP contribution in [0, 0.1) is 18.7 Å². The van der Waals surface area contributed by atoms with Gasteiger partial charge >= 0.3 is 17.9 Å². The first-order valence-electron chi connectivity index (χ1n) is 8.09. The highest BCUT2D eigenvalue weighted by Gasteiger charge is 2.24. The summed E-state index contributed by atoms with van der Waals surface area (Å²) in [6.45, 7) is 3.08. The number of halogens is 1. The monoisotopic (exact) mass is 351 g/mol. The van der Waals surface area contributed by atoms with Gasteiger partial charge in [-0.05, 0) is 43.4 Å². The molecule has 0 spiro atoms. The third-order valence-corrected chi connectivity index (χ3v) is 4.23. The highest BCUT2D eigenvalue weighted by atomic mass is 19.1. The van der Waals surface area contributed by atoms with E-state index in [9.17, 15) is 18.8 Å². The van der Waals surface area contributed by atoms with Crippen LogP contribution < -0.4 is 10.6 Å². The van der Waals surface area contributed by atoms with Crippen molar-refractivity contribution in [2.24, 2.45) is 5.92 Å². The number of benzene rings is 1. The highest BCUT2D eigenvalue weighted by Crippen LogP contribution is 2.17. The number of methoxy groups -OCH3 is 1. The number of carbonyl (C=O) groups excluding carboxylic acids is 3. The van der Waals surface area contributed by atoms with Crippen LogP contribution in [0.5, 0.6) is 0 Å². The first kappa shape index (κ1) is 18.7. The summed E-state index contributed by atoms with van der Waals surface area (Å²) in [5.41, 5.74) is 0.690. The summed E-state index contributed by atoms with van der Waals surface area (Å²) >= 11 is 0. The van der Waals surface area contributed by atoms with Crippen LogP contribution in [0.25, 0.3) is 0 Å². The van der Waals surface area contributed by atoms with Crippen molar-refractivity contribution >= 4 is 23.6 Å². The van der Waals surface area contributed by atoms with Crippen LogP contribution in [-0.2, 0) is 14.3 Å². The van der Waals surface area contributed by atoms with E-state index in [1.165, 1.54) is 25.3 Å². The number of likely N-dealkylation sites (tertiary alicyclic amines) is 1. The van der Waals surface area contributed by atoms with E-state index in [0.717, 1.165) is 12.8 Å². The largest absolute Gasteiger partial charge is 0.453 e. The Morgan fingerprint density at radius 3 is 2.52 bits per heavy atom. The van der Waals surface area contributed by atoms with Gasteiger partial charge in [-0.15, -0.1) is 0 Å². The van der Waals surface area contributed by atoms with Gasteiger partial charge in [-0.3, -0.25) is 9.59 Å². The Balaban J connectivity index is 1.75. The first-order chi connectivity index (χ1) is 11.9. The third kappa shape index (κ3) is 5.17. The number of nitrogens with zero attached hydrogens (tertiary/aromatic N) is 1. The van der Waals surface area contributed by atoms with Gasteiger partial charge in [0.1, 0.15) is 5.82 Å². The molecule has 1 aliphatic heterocycles. The minimum atomic E-state index is -0.838. The van der Waals surface area contributed by atoms with E-state index in [4.69, 9.17) is 0 Å². The van der Waals surface area contributed by atoms with Crippen LogP contribution in [0.2, 0.25) is 0 Å². The van der Waals surface area contributed by atoms with Gasteiger partial charge in [0.2, 0.25) is 0 Å². The molecule has 1 aromatic rings. The molecule has 0 aromatic heterocycles. The summed E-state index contributed by atoms with van der Waals surface area (Å²) in [4.78, 5) is 36.7. The number of rotatable bonds is 3. The number of anilines is 1. The molecule has 8 heteroatoms. The predicted octanol–water partition coefficient (Wildman–Crippen LogP) is 1.67. The lowest BCUT2D eigenvalue weighted by molar-refractivity contribution is -0.136. The maximum absolute atomic E-state index is 13.4. The van der Waals surface area contributed by atoms with Gasteiger partial charge in [0.05, 0.1) is 7.11 Å². The van der Waals surface area contributed by atoms with Crippen LogP contribution in [0.1, 0.15) is 18.4 Å². The van der Waals surface area contributed by atoms with E-state index in [1.54, 1.807) is 11.8 Å². The van der Waals surface area contributed by atoms with Gasteiger partial charge in [-0.1, -0.05) is 6.07 Å². The van der Waals surface area contributed by atoms with Crippen molar-refractivity contribution in [3.8, 4) is 0 Å². The fraction of sp³-hybridized carbons (Fsp3) is 0.471. The molecule has 0 atom stereocenters. The molecule has 136 valence electrons. The number of hydrogen-bond acceptors (Lipinski definition) is 4. The van der Waals surface area contributed by atoms with Gasteiger partial charge in [0.15, 0.2) is 0 Å². The summed E-state index contributed by atoms with van der Waals surface area (Å²) in [6, 6.07) is 4.23. The SMILES string of the molecule is COC(=O)N1CCC(CNC(=O)C(=O)Nc2ccc(C)c(F)c2)CC1. The summed E-state index contributed by atoms with van der Waals surface area (Å²) in [5, 5.41) is 4.94. The number of carbonyl (C=O) groups is 3. The minimum Gasteiger partial charge on any atom is -0.453 e. The number of piperidine rings is 1. The number of amides is 3. The average Bonchev–Trinajstić information content (AvgIpc) is 2.62. The van der Waals surface area contributed by atoms with Gasteiger partial charge in [0.25, 0.3) is 0 Å². The van der Waals surface area contributed by atoms with Crippen LogP contribution in [0.4, 0.5) is 14.9 Å². The molecule has 1 fully saturated rings. The van der Waals surface area contributed by atoms with Crippen molar-refractivity contribution < 1.29 is 23.5 Å². The lowest BCUT2D eigenvalue weighted by atomic mass is 9.97. The second kappa shape index (κ2) is 8.46. The lowest BCUT2D eigenvalue weighted by Gasteiger charge is -2.30. The van der Waals surface area contributed by atoms with Crippen molar-refractivity contribution in [2.75, 3.05) is 32.1 Å². The van der Waals surface area contributed by atoms with E-state index in [2.05, 4.69) is 15.4 Å². The zero-order valence-electron chi connectivity index (χ0n) is 14.3. The normalized spacial score (nSPS) is 14.8. The molecule has 2 N–H and O–H groups in total. The van der Waals surface area contributed by atoms with Crippen molar-refractivity contribution in [3.05, 3.63) is 29.6 Å². The van der Waals surface area contributed by atoms with E-state index in [1.807, 2.05) is 0 Å². The Bertz CT molecular complexity index is 657. The Kier molecular flexibility index (Phi) is 6.32. The Hall–Kier alpha value is -2.64. The molecule has 0 aliphatic carbocycles. The molecule has 0 unspecified atom stereocenters. The van der Waals surface area contributed by atoms with Crippen molar-refractivity contribution in [2.45, 2.75) is 19.8 Å². The smallest absolute Gasteiger partial charge is 0.409 e. The first-order valence-corrected chi connectivity index (χ1v) is 8.09. The third-order valence-electron chi connectivity index (χ3n) is 4.23. The van der Waals surface area contributed by atoms with Crippen LogP contribution >= 0.6 is 0 Å². The van der Waals surface area contributed by atoms with Gasteiger partial charge in [0, 0.05) is 25.3 Å². The summed E-state index contributed by atoms with van der Waals surface area (Å²) in [6.07, 6.45) is 1.09. The highest BCUT2D eigenvalue weighted by molar-refractivity contribution is 6.39. The number of ether oxygens (including phenoxy) is 1. The fourth-order valence-corrected chi connectivity index (χ4v) is 2.62. The molecule has 1 aliphatic rings. The average molecular weight is 351 g/mol. The minimum absolute atomic E-state index is 0.189. The van der Waals surface area contributed by atoms with Gasteiger partial charge < -0.3 is 20.3 Å². The molecule has 7 nitrogen and oxygen atoms in total. The van der Waals surface area contributed by atoms with Gasteiger partial charge in [-0.25, -0.2) is 9.18 Å². The van der Waals surface area contributed by atoms with Gasteiger partial charge in [-0.2, -0.15) is 0 Å². The van der Waals surface area contributed by atoms with E-state index in [-0.39, 0.29) is 17.7 Å². The topological polar surface area (TPSA) is 87.7 Å². The molecular weight excluding hydrogens is 329 g/mol. The number of aryl methyl sites for hydroxylation is 1. The molecule has 0 radical (unpaired) electrons. The van der Waals surface area contributed by atoms with E-state index >= 15 is 0 Å². The van der Waals surface area contributed by atoms with Crippen LogP contribution in [0.15, 0.2) is 18.2 Å². The molecule has 25 heavy (non-hydrogen) atoms. The summed E-state index contributed by atoms with van der Waals surface area (Å²) in [5.74, 6) is -1.86. The fourth-order valence-electron chi connectivity index (χ4n) is 2.62.